The number of anilines is 1. The van der Waals surface area contributed by atoms with E-state index < -0.39 is 0 Å². The van der Waals surface area contributed by atoms with Crippen LogP contribution in [0.15, 0.2) is 18.2 Å². The Morgan fingerprint density at radius 3 is 2.85 bits per heavy atom. The van der Waals surface area contributed by atoms with Gasteiger partial charge in [0, 0.05) is 18.3 Å². The van der Waals surface area contributed by atoms with E-state index in [1.54, 1.807) is 6.07 Å². The summed E-state index contributed by atoms with van der Waals surface area (Å²) in [6, 6.07) is 4.15. The highest BCUT2D eigenvalue weighted by atomic mass is 19.1. The summed E-state index contributed by atoms with van der Waals surface area (Å²) in [6.07, 6.45) is 0. The third-order valence-corrected chi connectivity index (χ3v) is 2.56. The van der Waals surface area contributed by atoms with Crippen molar-refractivity contribution < 1.29 is 9.18 Å². The smallest absolute Gasteiger partial charge is 0.187 e. The molecule has 1 unspecified atom stereocenters. The number of benzene rings is 1. The van der Waals surface area contributed by atoms with E-state index in [4.69, 9.17) is 0 Å². The fraction of sp³-hybridized carbons (Fsp3) is 0.300. The van der Waals surface area contributed by atoms with Crippen molar-refractivity contribution in [2.45, 2.75) is 13.0 Å². The number of fused-ring (bicyclic) bond motifs is 1. The van der Waals surface area contributed by atoms with Gasteiger partial charge in [0.1, 0.15) is 5.82 Å². The van der Waals surface area contributed by atoms with Gasteiger partial charge >= 0.3 is 0 Å². The van der Waals surface area contributed by atoms with Crippen LogP contribution in [0.25, 0.3) is 0 Å². The van der Waals surface area contributed by atoms with Gasteiger partial charge in [-0.2, -0.15) is 0 Å². The number of ketones is 1. The maximum atomic E-state index is 12.8. The molecule has 1 aliphatic rings. The van der Waals surface area contributed by atoms with Crippen LogP contribution in [0.1, 0.15) is 17.3 Å². The van der Waals surface area contributed by atoms with E-state index in [2.05, 4.69) is 0 Å². The first-order chi connectivity index (χ1) is 6.11. The van der Waals surface area contributed by atoms with Crippen molar-refractivity contribution in [2.75, 3.05) is 11.9 Å². The Kier molecular flexibility index (Phi) is 1.62. The Morgan fingerprint density at radius 1 is 1.46 bits per heavy atom. The normalized spacial score (nSPS) is 20.7. The molecule has 2 rings (SSSR count). The molecule has 2 nitrogen and oxygen atoms in total. The summed E-state index contributed by atoms with van der Waals surface area (Å²) in [7, 11) is 1.84. The Morgan fingerprint density at radius 2 is 2.15 bits per heavy atom. The molecular weight excluding hydrogens is 169 g/mol. The van der Waals surface area contributed by atoms with Gasteiger partial charge in [-0.25, -0.2) is 4.39 Å². The first-order valence-electron chi connectivity index (χ1n) is 4.18. The fourth-order valence-corrected chi connectivity index (χ4v) is 1.62. The Labute approximate surface area is 76.0 Å². The Balaban J connectivity index is 2.60. The second-order valence-electron chi connectivity index (χ2n) is 3.31. The zero-order valence-electron chi connectivity index (χ0n) is 7.54. The van der Waals surface area contributed by atoms with E-state index in [0.717, 1.165) is 5.69 Å². The molecule has 1 atom stereocenters. The van der Waals surface area contributed by atoms with Gasteiger partial charge in [-0.3, -0.25) is 4.79 Å². The summed E-state index contributed by atoms with van der Waals surface area (Å²) in [4.78, 5) is 13.4. The molecule has 0 fully saturated rings. The highest BCUT2D eigenvalue weighted by Gasteiger charge is 2.31. The number of hydrogen-bond acceptors (Lipinski definition) is 2. The first-order valence-corrected chi connectivity index (χ1v) is 4.18. The van der Waals surface area contributed by atoms with Crippen LogP contribution in [0.3, 0.4) is 0 Å². The lowest BCUT2D eigenvalue weighted by Crippen LogP contribution is -2.28. The summed E-state index contributed by atoms with van der Waals surface area (Å²) >= 11 is 0. The summed E-state index contributed by atoms with van der Waals surface area (Å²) in [6.45, 7) is 1.82. The largest absolute Gasteiger partial charge is 0.364 e. The van der Waals surface area contributed by atoms with Crippen LogP contribution in [-0.2, 0) is 0 Å². The van der Waals surface area contributed by atoms with E-state index >= 15 is 0 Å². The molecule has 0 saturated heterocycles. The second kappa shape index (κ2) is 2.55. The van der Waals surface area contributed by atoms with E-state index in [0.29, 0.717) is 5.56 Å². The molecule has 0 amide bonds. The van der Waals surface area contributed by atoms with Crippen LogP contribution in [-0.4, -0.2) is 18.9 Å². The molecule has 3 heteroatoms. The zero-order valence-corrected chi connectivity index (χ0v) is 7.54. The van der Waals surface area contributed by atoms with Crippen molar-refractivity contribution >= 4 is 11.5 Å². The van der Waals surface area contributed by atoms with Gasteiger partial charge < -0.3 is 4.90 Å². The summed E-state index contributed by atoms with van der Waals surface area (Å²) in [5.74, 6) is -0.355. The van der Waals surface area contributed by atoms with Gasteiger partial charge in [-0.05, 0) is 25.1 Å². The van der Waals surface area contributed by atoms with Gasteiger partial charge in [0.05, 0.1) is 6.04 Å². The highest BCUT2D eigenvalue weighted by Crippen LogP contribution is 2.30. The molecule has 0 radical (unpaired) electrons. The first kappa shape index (κ1) is 8.23. The van der Waals surface area contributed by atoms with Crippen molar-refractivity contribution in [1.29, 1.82) is 0 Å². The molecular formula is C10H10FNO. The second-order valence-corrected chi connectivity index (χ2v) is 3.31. The van der Waals surface area contributed by atoms with E-state index in [1.807, 2.05) is 18.9 Å². The summed E-state index contributed by atoms with van der Waals surface area (Å²) < 4.78 is 12.8. The zero-order chi connectivity index (χ0) is 9.59. The molecule has 1 heterocycles. The summed E-state index contributed by atoms with van der Waals surface area (Å²) in [5.41, 5.74) is 1.31. The molecule has 0 aliphatic carbocycles. The van der Waals surface area contributed by atoms with E-state index in [-0.39, 0.29) is 17.6 Å². The van der Waals surface area contributed by atoms with Crippen molar-refractivity contribution in [3.63, 3.8) is 0 Å². The third kappa shape index (κ3) is 1.03. The van der Waals surface area contributed by atoms with Crippen molar-refractivity contribution in [2.24, 2.45) is 0 Å². The molecule has 0 aromatic heterocycles. The number of carbonyl (C=O) groups excluding carboxylic acids is 1. The average molecular weight is 179 g/mol. The van der Waals surface area contributed by atoms with Crippen LogP contribution in [0.2, 0.25) is 0 Å². The lowest BCUT2D eigenvalue weighted by Gasteiger charge is -2.16. The molecule has 0 saturated carbocycles. The number of nitrogens with zero attached hydrogens (tertiary/aromatic N) is 1. The minimum absolute atomic E-state index is 0.00278. The SMILES string of the molecule is CC1C(=O)c2cc(F)ccc2N1C. The highest BCUT2D eigenvalue weighted by molar-refractivity contribution is 6.10. The number of likely N-dealkylation sites (N-methyl/N-ethyl adjacent to an activating group) is 1. The van der Waals surface area contributed by atoms with Crippen molar-refractivity contribution in [1.82, 2.24) is 0 Å². The predicted octanol–water partition coefficient (Wildman–Crippen LogP) is 1.85. The van der Waals surface area contributed by atoms with Gasteiger partial charge in [-0.15, -0.1) is 0 Å². The predicted molar refractivity (Wildman–Crippen MR) is 48.6 cm³/mol. The van der Waals surface area contributed by atoms with Gasteiger partial charge in [0.15, 0.2) is 5.78 Å². The number of carbonyl (C=O) groups is 1. The maximum absolute atomic E-state index is 12.8. The molecule has 0 spiro atoms. The minimum atomic E-state index is -0.352. The van der Waals surface area contributed by atoms with Gasteiger partial charge in [0.25, 0.3) is 0 Å². The topological polar surface area (TPSA) is 20.3 Å². The van der Waals surface area contributed by atoms with Crippen LogP contribution in [0, 0.1) is 5.82 Å². The van der Waals surface area contributed by atoms with Gasteiger partial charge in [-0.1, -0.05) is 0 Å². The lowest BCUT2D eigenvalue weighted by molar-refractivity contribution is 0.0978. The average Bonchev–Trinajstić information content (AvgIpc) is 2.32. The van der Waals surface area contributed by atoms with E-state index in [1.165, 1.54) is 12.1 Å². The Bertz CT molecular complexity index is 375. The van der Waals surface area contributed by atoms with Gasteiger partial charge in [0.2, 0.25) is 0 Å². The maximum Gasteiger partial charge on any atom is 0.187 e. The molecule has 1 aromatic carbocycles. The lowest BCUT2D eigenvalue weighted by atomic mass is 10.1. The molecule has 1 aliphatic heterocycles. The van der Waals surface area contributed by atoms with Crippen LogP contribution >= 0.6 is 0 Å². The van der Waals surface area contributed by atoms with E-state index in [9.17, 15) is 9.18 Å². The molecule has 1 aromatic rings. The van der Waals surface area contributed by atoms with Crippen LogP contribution < -0.4 is 4.90 Å². The number of hydrogen-bond donors (Lipinski definition) is 0. The standard InChI is InChI=1S/C10H10FNO/c1-6-10(13)8-5-7(11)3-4-9(8)12(6)2/h3-6H,1-2H3. The molecule has 68 valence electrons. The number of rotatable bonds is 0. The van der Waals surface area contributed by atoms with Crippen molar-refractivity contribution in [3.05, 3.63) is 29.6 Å². The third-order valence-electron chi connectivity index (χ3n) is 2.56. The monoisotopic (exact) mass is 179 g/mol. The summed E-state index contributed by atoms with van der Waals surface area (Å²) in [5, 5.41) is 0. The fourth-order valence-electron chi connectivity index (χ4n) is 1.62. The molecule has 13 heavy (non-hydrogen) atoms. The Hall–Kier alpha value is -1.38. The van der Waals surface area contributed by atoms with Crippen molar-refractivity contribution in [3.8, 4) is 0 Å². The minimum Gasteiger partial charge on any atom is -0.364 e. The molecule has 0 N–H and O–H groups in total. The quantitative estimate of drug-likeness (QED) is 0.605. The molecule has 0 bridgehead atoms. The number of Topliss-reactive ketones (excluding diaryl/α,β-unsaturated/α-hetero) is 1. The number of halogens is 1. The van der Waals surface area contributed by atoms with Crippen LogP contribution in [0.4, 0.5) is 10.1 Å². The van der Waals surface area contributed by atoms with Crippen LogP contribution in [0.5, 0.6) is 0 Å².